The van der Waals surface area contributed by atoms with Crippen LogP contribution in [-0.2, 0) is 18.3 Å². The second-order valence-corrected chi connectivity index (χ2v) is 3.37. The SMILES string of the molecule is COCCOP(=O)([O-])OCC[NH3+]. The van der Waals surface area contributed by atoms with E-state index in [1.165, 1.54) is 7.11 Å². The number of hydrogen-bond acceptors (Lipinski definition) is 5. The van der Waals surface area contributed by atoms with Crippen molar-refractivity contribution in [2.75, 3.05) is 33.5 Å². The largest absolute Gasteiger partial charge is 0.756 e. The maximum atomic E-state index is 10.8. The summed E-state index contributed by atoms with van der Waals surface area (Å²) >= 11 is 0. The van der Waals surface area contributed by atoms with E-state index >= 15 is 0 Å². The summed E-state index contributed by atoms with van der Waals surface area (Å²) in [5.41, 5.74) is 3.42. The molecular weight excluding hydrogens is 185 g/mol. The molecule has 0 aliphatic rings. The fraction of sp³-hybridized carbons (Fsp3) is 1.00. The van der Waals surface area contributed by atoms with Crippen LogP contribution >= 0.6 is 7.82 Å². The Morgan fingerprint density at radius 3 is 2.42 bits per heavy atom. The molecule has 3 N–H and O–H groups in total. The van der Waals surface area contributed by atoms with E-state index in [0.717, 1.165) is 0 Å². The number of quaternary nitrogens is 1. The van der Waals surface area contributed by atoms with Gasteiger partial charge in [-0.05, 0) is 0 Å². The minimum absolute atomic E-state index is 0.0194. The van der Waals surface area contributed by atoms with Crippen molar-refractivity contribution in [1.29, 1.82) is 0 Å². The van der Waals surface area contributed by atoms with Gasteiger partial charge < -0.3 is 24.4 Å². The topological polar surface area (TPSA) is 95.5 Å². The van der Waals surface area contributed by atoms with E-state index in [-0.39, 0.29) is 19.8 Å². The molecule has 6 nitrogen and oxygen atoms in total. The van der Waals surface area contributed by atoms with Crippen LogP contribution in [0.1, 0.15) is 0 Å². The van der Waals surface area contributed by atoms with Crippen LogP contribution in [0.3, 0.4) is 0 Å². The molecule has 0 aliphatic carbocycles. The first-order valence-corrected chi connectivity index (χ1v) is 4.97. The zero-order valence-corrected chi connectivity index (χ0v) is 7.92. The first-order chi connectivity index (χ1) is 5.62. The van der Waals surface area contributed by atoms with Crippen molar-refractivity contribution in [2.45, 2.75) is 0 Å². The fourth-order valence-electron chi connectivity index (χ4n) is 0.446. The molecule has 0 heterocycles. The van der Waals surface area contributed by atoms with E-state index < -0.39 is 7.82 Å². The number of methoxy groups -OCH3 is 1. The monoisotopic (exact) mass is 199 g/mol. The van der Waals surface area contributed by atoms with Gasteiger partial charge >= 0.3 is 0 Å². The highest BCUT2D eigenvalue weighted by Crippen LogP contribution is 2.37. The Morgan fingerprint density at radius 2 is 1.92 bits per heavy atom. The maximum Gasteiger partial charge on any atom is 0.268 e. The smallest absolute Gasteiger partial charge is 0.268 e. The molecular formula is C5H14NO5P. The third-order valence-corrected chi connectivity index (χ3v) is 1.93. The molecule has 0 rings (SSSR count). The van der Waals surface area contributed by atoms with Crippen LogP contribution in [-0.4, -0.2) is 33.5 Å². The second kappa shape index (κ2) is 6.54. The van der Waals surface area contributed by atoms with Crippen molar-refractivity contribution in [2.24, 2.45) is 0 Å². The van der Waals surface area contributed by atoms with Gasteiger partial charge in [-0.1, -0.05) is 0 Å². The van der Waals surface area contributed by atoms with Crippen LogP contribution in [0, 0.1) is 0 Å². The Labute approximate surface area is 71.2 Å². The Balaban J connectivity index is 3.49. The molecule has 0 amide bonds. The molecule has 0 aromatic carbocycles. The Morgan fingerprint density at radius 1 is 1.33 bits per heavy atom. The number of hydrogen-bond donors (Lipinski definition) is 1. The number of rotatable bonds is 7. The van der Waals surface area contributed by atoms with E-state index in [1.54, 1.807) is 0 Å². The van der Waals surface area contributed by atoms with Crippen molar-refractivity contribution < 1.29 is 29.0 Å². The summed E-state index contributed by atoms with van der Waals surface area (Å²) < 4.78 is 24.1. The summed E-state index contributed by atoms with van der Waals surface area (Å²) in [5.74, 6) is 0. The van der Waals surface area contributed by atoms with Gasteiger partial charge in [0.25, 0.3) is 7.82 Å². The average molecular weight is 199 g/mol. The minimum Gasteiger partial charge on any atom is -0.756 e. The van der Waals surface area contributed by atoms with E-state index in [0.29, 0.717) is 6.54 Å². The molecule has 12 heavy (non-hydrogen) atoms. The summed E-state index contributed by atoms with van der Waals surface area (Å²) in [6.45, 7) is 0.641. The summed E-state index contributed by atoms with van der Waals surface area (Å²) in [6, 6.07) is 0. The lowest BCUT2D eigenvalue weighted by Crippen LogP contribution is -2.52. The van der Waals surface area contributed by atoms with Crippen LogP contribution in [0.5, 0.6) is 0 Å². The Hall–Kier alpha value is 0.0300. The minimum atomic E-state index is -4.11. The predicted molar refractivity (Wildman–Crippen MR) is 39.1 cm³/mol. The van der Waals surface area contributed by atoms with Gasteiger partial charge in [0.15, 0.2) is 0 Å². The highest BCUT2D eigenvalue weighted by Gasteiger charge is 2.07. The molecule has 0 aliphatic heterocycles. The number of ether oxygens (including phenoxy) is 1. The molecule has 1 atom stereocenters. The maximum absolute atomic E-state index is 10.8. The van der Waals surface area contributed by atoms with Gasteiger partial charge in [0, 0.05) is 7.11 Å². The summed E-state index contributed by atoms with van der Waals surface area (Å²) in [7, 11) is -2.65. The van der Waals surface area contributed by atoms with Crippen LogP contribution in [0.4, 0.5) is 0 Å². The lowest BCUT2D eigenvalue weighted by Gasteiger charge is -2.21. The second-order valence-electron chi connectivity index (χ2n) is 1.96. The molecule has 0 spiro atoms. The van der Waals surface area contributed by atoms with E-state index in [1.807, 2.05) is 0 Å². The van der Waals surface area contributed by atoms with E-state index in [2.05, 4.69) is 19.5 Å². The molecule has 7 heteroatoms. The van der Waals surface area contributed by atoms with Gasteiger partial charge in [-0.15, -0.1) is 0 Å². The van der Waals surface area contributed by atoms with Crippen LogP contribution < -0.4 is 10.6 Å². The third-order valence-electron chi connectivity index (χ3n) is 0.931. The lowest BCUT2D eigenvalue weighted by molar-refractivity contribution is -0.373. The van der Waals surface area contributed by atoms with Gasteiger partial charge in [0.2, 0.25) is 0 Å². The third kappa shape index (κ3) is 6.72. The standard InChI is InChI=1S/C5H14NO5P/c1-9-4-5-11-12(7,8)10-3-2-6/h2-6H2,1H3,(H,7,8). The predicted octanol–water partition coefficient (Wildman–Crippen LogP) is -1.62. The first-order valence-electron chi connectivity index (χ1n) is 3.50. The number of phosphoric ester groups is 1. The van der Waals surface area contributed by atoms with Crippen LogP contribution in [0.15, 0.2) is 0 Å². The van der Waals surface area contributed by atoms with Gasteiger partial charge in [0.1, 0.15) is 6.61 Å². The van der Waals surface area contributed by atoms with Crippen molar-refractivity contribution in [3.63, 3.8) is 0 Å². The highest BCUT2D eigenvalue weighted by molar-refractivity contribution is 7.45. The Kier molecular flexibility index (Phi) is 6.55. The van der Waals surface area contributed by atoms with Crippen LogP contribution in [0.25, 0.3) is 0 Å². The van der Waals surface area contributed by atoms with Crippen molar-refractivity contribution in [3.05, 3.63) is 0 Å². The van der Waals surface area contributed by atoms with Gasteiger partial charge in [-0.2, -0.15) is 0 Å². The molecule has 0 radical (unpaired) electrons. The average Bonchev–Trinajstić information content (AvgIpc) is 2.01. The molecule has 0 fully saturated rings. The van der Waals surface area contributed by atoms with Crippen molar-refractivity contribution in [1.82, 2.24) is 0 Å². The lowest BCUT2D eigenvalue weighted by atomic mass is 10.8. The molecule has 1 unspecified atom stereocenters. The summed E-state index contributed by atoms with van der Waals surface area (Å²) in [5, 5.41) is 0. The van der Waals surface area contributed by atoms with E-state index in [4.69, 9.17) is 0 Å². The first kappa shape index (κ1) is 12.0. The van der Waals surface area contributed by atoms with Crippen LogP contribution in [0.2, 0.25) is 0 Å². The van der Waals surface area contributed by atoms with Crippen molar-refractivity contribution in [3.8, 4) is 0 Å². The van der Waals surface area contributed by atoms with E-state index in [9.17, 15) is 9.46 Å². The molecule has 0 saturated carbocycles. The molecule has 0 saturated heterocycles. The molecule has 0 bridgehead atoms. The highest BCUT2D eigenvalue weighted by atomic mass is 31.2. The normalized spacial score (nSPS) is 15.9. The van der Waals surface area contributed by atoms with Gasteiger partial charge in [-0.3, -0.25) is 4.57 Å². The zero-order valence-electron chi connectivity index (χ0n) is 7.02. The number of phosphoric acid groups is 1. The summed E-state index contributed by atoms with van der Waals surface area (Å²) in [4.78, 5) is 10.8. The van der Waals surface area contributed by atoms with Crippen molar-refractivity contribution >= 4 is 7.82 Å². The van der Waals surface area contributed by atoms with Gasteiger partial charge in [-0.25, -0.2) is 0 Å². The molecule has 0 aromatic rings. The molecule has 74 valence electrons. The van der Waals surface area contributed by atoms with Gasteiger partial charge in [0.05, 0.1) is 19.8 Å². The zero-order chi connectivity index (χ0) is 9.45. The quantitative estimate of drug-likeness (QED) is 0.392. The Bertz CT molecular complexity index is 153. The summed E-state index contributed by atoms with van der Waals surface area (Å²) in [6.07, 6.45) is 0. The molecule has 0 aromatic heterocycles. The fourth-order valence-corrected chi connectivity index (χ4v) is 1.17.